The predicted molar refractivity (Wildman–Crippen MR) is 160 cm³/mol. The van der Waals surface area contributed by atoms with Crippen LogP contribution in [-0.4, -0.2) is 25.2 Å². The fourth-order valence-corrected chi connectivity index (χ4v) is 5.79. The van der Waals surface area contributed by atoms with Gasteiger partial charge in [0, 0.05) is 48.3 Å². The van der Waals surface area contributed by atoms with Crippen LogP contribution in [0.1, 0.15) is 94.0 Å². The van der Waals surface area contributed by atoms with Gasteiger partial charge in [0.1, 0.15) is 23.0 Å². The van der Waals surface area contributed by atoms with Crippen LogP contribution in [0, 0.1) is 0 Å². The third kappa shape index (κ3) is 7.07. The van der Waals surface area contributed by atoms with E-state index in [2.05, 4.69) is 0 Å². The van der Waals surface area contributed by atoms with E-state index in [1.165, 1.54) is 0 Å². The fourth-order valence-electron chi connectivity index (χ4n) is 5.79. The second-order valence-electron chi connectivity index (χ2n) is 10.6. The maximum atomic E-state index is 11.7. The van der Waals surface area contributed by atoms with Crippen molar-refractivity contribution in [2.75, 3.05) is 13.2 Å². The zero-order valence-corrected chi connectivity index (χ0v) is 26.5. The number of carboxylic acid groups (broad SMARTS) is 2. The van der Waals surface area contributed by atoms with Crippen LogP contribution in [0.5, 0.6) is 23.0 Å². The summed E-state index contributed by atoms with van der Waals surface area (Å²) in [5, 5.41) is 23.4. The van der Waals surface area contributed by atoms with Crippen LogP contribution in [0.3, 0.4) is 0 Å². The Morgan fingerprint density at radius 3 is 1.38 bits per heavy atom. The van der Waals surface area contributed by atoms with Crippen molar-refractivity contribution in [3.05, 3.63) is 117 Å². The van der Waals surface area contributed by atoms with Crippen molar-refractivity contribution in [3.8, 4) is 23.0 Å². The molecular weight excluding hydrogens is 619 g/mol. The van der Waals surface area contributed by atoms with Gasteiger partial charge >= 0.3 is 16.5 Å². The maximum Gasteiger partial charge on any atom is 2.00 e. The first-order valence-corrected chi connectivity index (χ1v) is 14.7. The SMILES string of the molecule is CCOC(C)c1ccc2c(c1C(=O)[O-])Cc1ccccc1O2.CCOC(C)c1ccc2c(c1C(=O)[O-])Cc1ccccc1O2.[Ni+2]. The molecule has 45 heavy (non-hydrogen) atoms. The Morgan fingerprint density at radius 1 is 0.644 bits per heavy atom. The largest absolute Gasteiger partial charge is 2.00 e. The van der Waals surface area contributed by atoms with Gasteiger partial charge in [-0.3, -0.25) is 0 Å². The van der Waals surface area contributed by atoms with Gasteiger partial charge in [0.25, 0.3) is 0 Å². The number of hydrogen-bond acceptors (Lipinski definition) is 8. The van der Waals surface area contributed by atoms with Crippen LogP contribution in [-0.2, 0) is 38.8 Å². The molecule has 2 atom stereocenters. The van der Waals surface area contributed by atoms with E-state index in [0.29, 0.717) is 59.8 Å². The maximum absolute atomic E-state index is 11.7. The van der Waals surface area contributed by atoms with E-state index in [9.17, 15) is 19.8 Å². The third-order valence-corrected chi connectivity index (χ3v) is 7.84. The molecule has 0 bridgehead atoms. The molecular formula is C36H34NiO8. The van der Waals surface area contributed by atoms with E-state index < -0.39 is 11.9 Å². The third-order valence-electron chi connectivity index (χ3n) is 7.84. The first kappa shape index (κ1) is 33.7. The van der Waals surface area contributed by atoms with Crippen molar-refractivity contribution < 1.29 is 55.2 Å². The number of para-hydroxylation sites is 2. The number of ether oxygens (including phenoxy) is 4. The summed E-state index contributed by atoms with van der Waals surface area (Å²) >= 11 is 0. The molecule has 2 aliphatic heterocycles. The summed E-state index contributed by atoms with van der Waals surface area (Å²) < 4.78 is 22.8. The number of hydrogen-bond donors (Lipinski definition) is 0. The van der Waals surface area contributed by atoms with Gasteiger partial charge in [0.15, 0.2) is 0 Å². The van der Waals surface area contributed by atoms with Crippen LogP contribution < -0.4 is 19.7 Å². The normalized spacial score (nSPS) is 13.4. The minimum absolute atomic E-state index is 0. The van der Waals surface area contributed by atoms with Gasteiger partial charge in [-0.05, 0) is 74.2 Å². The summed E-state index contributed by atoms with van der Waals surface area (Å²) in [6, 6.07) is 22.4. The van der Waals surface area contributed by atoms with Crippen LogP contribution in [0.25, 0.3) is 0 Å². The number of benzene rings is 4. The summed E-state index contributed by atoms with van der Waals surface area (Å²) in [4.78, 5) is 23.4. The van der Waals surface area contributed by atoms with Gasteiger partial charge in [0.2, 0.25) is 0 Å². The number of rotatable bonds is 8. The molecule has 0 saturated carbocycles. The number of carbonyl (C=O) groups is 2. The quantitative estimate of drug-likeness (QED) is 0.193. The van der Waals surface area contributed by atoms with Gasteiger partial charge in [-0.2, -0.15) is 0 Å². The number of aromatic carboxylic acids is 2. The van der Waals surface area contributed by atoms with E-state index in [1.54, 1.807) is 12.1 Å². The smallest absolute Gasteiger partial charge is 0.545 e. The molecule has 236 valence electrons. The van der Waals surface area contributed by atoms with Crippen LogP contribution in [0.2, 0.25) is 0 Å². The summed E-state index contributed by atoms with van der Waals surface area (Å²) in [5.41, 5.74) is 4.89. The van der Waals surface area contributed by atoms with E-state index in [-0.39, 0.29) is 39.8 Å². The Hall–Kier alpha value is -4.17. The molecule has 0 aliphatic carbocycles. The molecule has 4 aromatic rings. The van der Waals surface area contributed by atoms with Gasteiger partial charge < -0.3 is 38.7 Å². The number of fused-ring (bicyclic) bond motifs is 4. The molecule has 0 radical (unpaired) electrons. The summed E-state index contributed by atoms with van der Waals surface area (Å²) in [6.45, 7) is 8.48. The van der Waals surface area contributed by atoms with Gasteiger partial charge in [-0.1, -0.05) is 48.5 Å². The Kier molecular flexibility index (Phi) is 11.0. The van der Waals surface area contributed by atoms with Crippen molar-refractivity contribution in [1.29, 1.82) is 0 Å². The predicted octanol–water partition coefficient (Wildman–Crippen LogP) is 5.69. The molecule has 0 fully saturated rings. The van der Waals surface area contributed by atoms with E-state index in [0.717, 1.165) is 22.6 Å². The number of carbonyl (C=O) groups excluding carboxylic acids is 2. The van der Waals surface area contributed by atoms with Crippen molar-refractivity contribution >= 4 is 11.9 Å². The van der Waals surface area contributed by atoms with Gasteiger partial charge in [0.05, 0.1) is 24.1 Å². The molecule has 9 heteroatoms. The first-order chi connectivity index (χ1) is 21.2. The van der Waals surface area contributed by atoms with Crippen molar-refractivity contribution in [1.82, 2.24) is 0 Å². The molecule has 6 rings (SSSR count). The first-order valence-electron chi connectivity index (χ1n) is 14.7. The van der Waals surface area contributed by atoms with Crippen LogP contribution >= 0.6 is 0 Å². The summed E-state index contributed by atoms with van der Waals surface area (Å²) in [6.07, 6.45) is 0.420. The van der Waals surface area contributed by atoms with E-state index in [1.807, 2.05) is 88.4 Å². The van der Waals surface area contributed by atoms with Crippen molar-refractivity contribution in [2.24, 2.45) is 0 Å². The monoisotopic (exact) mass is 652 g/mol. The molecule has 0 amide bonds. The van der Waals surface area contributed by atoms with Crippen molar-refractivity contribution in [3.63, 3.8) is 0 Å². The second-order valence-corrected chi connectivity index (χ2v) is 10.6. The second kappa shape index (κ2) is 14.7. The Bertz CT molecular complexity index is 1570. The zero-order valence-electron chi connectivity index (χ0n) is 25.5. The Labute approximate surface area is 272 Å². The van der Waals surface area contributed by atoms with Gasteiger partial charge in [-0.25, -0.2) is 0 Å². The minimum Gasteiger partial charge on any atom is -0.545 e. The van der Waals surface area contributed by atoms with E-state index >= 15 is 0 Å². The average Bonchev–Trinajstić information content (AvgIpc) is 3.01. The molecule has 4 aromatic carbocycles. The van der Waals surface area contributed by atoms with Crippen molar-refractivity contribution in [2.45, 2.75) is 52.7 Å². The summed E-state index contributed by atoms with van der Waals surface area (Å²) in [7, 11) is 0. The van der Waals surface area contributed by atoms with Crippen LogP contribution in [0.4, 0.5) is 0 Å². The Morgan fingerprint density at radius 2 is 1.02 bits per heavy atom. The molecule has 8 nitrogen and oxygen atoms in total. The zero-order chi connectivity index (χ0) is 31.4. The Balaban J connectivity index is 0.000000200. The molecule has 2 aliphatic rings. The molecule has 2 unspecified atom stereocenters. The number of carboxylic acids is 2. The van der Waals surface area contributed by atoms with Crippen LogP contribution in [0.15, 0.2) is 72.8 Å². The molecule has 2 heterocycles. The molecule has 0 saturated heterocycles. The fraction of sp³-hybridized carbons (Fsp3) is 0.278. The topological polar surface area (TPSA) is 117 Å². The average molecular weight is 653 g/mol. The summed E-state index contributed by atoms with van der Waals surface area (Å²) in [5.74, 6) is 0.299. The molecule has 0 aromatic heterocycles. The van der Waals surface area contributed by atoms with Gasteiger partial charge in [-0.15, -0.1) is 0 Å². The molecule has 0 spiro atoms. The minimum atomic E-state index is -1.19. The molecule has 0 N–H and O–H groups in total. The standard InChI is InChI=1S/2C18H18O4.Ni/c2*1-3-21-11(2)13-8-9-16-14(17(13)18(19)20)10-12-6-4-5-7-15(12)22-16;/h2*4-9,11H,3,10H2,1-2H3,(H,19,20);/q;;+2/p-2. The van der Waals surface area contributed by atoms with E-state index in [4.69, 9.17) is 18.9 Å².